The molecule has 2 rings (SSSR count). The quantitative estimate of drug-likeness (QED) is 0.808. The second-order valence-electron chi connectivity index (χ2n) is 5.73. The maximum absolute atomic E-state index is 12.4. The lowest BCUT2D eigenvalue weighted by molar-refractivity contribution is -0.114. The molecule has 1 aromatic carbocycles. The van der Waals surface area contributed by atoms with Gasteiger partial charge in [-0.1, -0.05) is 19.4 Å². The number of unbranched alkanes of at least 4 members (excludes halogenated alkanes) is 1. The van der Waals surface area contributed by atoms with E-state index in [1.807, 2.05) is 11.9 Å². The standard InChI is InChI=1S/C18H23N5O2/c1-4-5-11-23(3)18-19-10-9-16(22-18)17(25)21-15-8-6-7-14(12-15)20-13(2)24/h6-10,12H,4-5,11H2,1-3H3,(H,20,24)(H,21,25). The third-order valence-corrected chi connectivity index (χ3v) is 3.50. The smallest absolute Gasteiger partial charge is 0.274 e. The van der Waals surface area contributed by atoms with Gasteiger partial charge in [0.15, 0.2) is 0 Å². The Morgan fingerprint density at radius 2 is 1.88 bits per heavy atom. The Labute approximate surface area is 147 Å². The van der Waals surface area contributed by atoms with Gasteiger partial charge in [0, 0.05) is 38.1 Å². The van der Waals surface area contributed by atoms with Crippen LogP contribution in [0.1, 0.15) is 37.2 Å². The summed E-state index contributed by atoms with van der Waals surface area (Å²) >= 11 is 0. The minimum absolute atomic E-state index is 0.168. The summed E-state index contributed by atoms with van der Waals surface area (Å²) in [4.78, 5) is 34.0. The zero-order valence-corrected chi connectivity index (χ0v) is 14.7. The average Bonchev–Trinajstić information content (AvgIpc) is 2.59. The highest BCUT2D eigenvalue weighted by atomic mass is 16.2. The topological polar surface area (TPSA) is 87.2 Å². The van der Waals surface area contributed by atoms with E-state index in [4.69, 9.17) is 0 Å². The number of nitrogens with one attached hydrogen (secondary N) is 2. The predicted molar refractivity (Wildman–Crippen MR) is 98.9 cm³/mol. The first-order chi connectivity index (χ1) is 12.0. The van der Waals surface area contributed by atoms with E-state index < -0.39 is 0 Å². The van der Waals surface area contributed by atoms with Crippen LogP contribution in [0.5, 0.6) is 0 Å². The minimum atomic E-state index is -0.326. The van der Waals surface area contributed by atoms with Crippen molar-refractivity contribution in [2.75, 3.05) is 29.1 Å². The Balaban J connectivity index is 2.09. The van der Waals surface area contributed by atoms with Crippen molar-refractivity contribution < 1.29 is 9.59 Å². The molecular formula is C18H23N5O2. The summed E-state index contributed by atoms with van der Waals surface area (Å²) in [7, 11) is 1.91. The van der Waals surface area contributed by atoms with Crippen molar-refractivity contribution >= 4 is 29.1 Å². The second kappa shape index (κ2) is 8.77. The average molecular weight is 341 g/mol. The largest absolute Gasteiger partial charge is 0.344 e. The van der Waals surface area contributed by atoms with Crippen LogP contribution in [-0.4, -0.2) is 35.4 Å². The normalized spacial score (nSPS) is 10.2. The number of benzene rings is 1. The molecule has 0 unspecified atom stereocenters. The molecule has 0 aliphatic heterocycles. The zero-order valence-electron chi connectivity index (χ0n) is 14.7. The maximum Gasteiger partial charge on any atom is 0.274 e. The van der Waals surface area contributed by atoms with Crippen molar-refractivity contribution in [3.63, 3.8) is 0 Å². The maximum atomic E-state index is 12.4. The van der Waals surface area contributed by atoms with E-state index >= 15 is 0 Å². The van der Waals surface area contributed by atoms with Crippen molar-refractivity contribution in [1.29, 1.82) is 0 Å². The van der Waals surface area contributed by atoms with Gasteiger partial charge in [0.05, 0.1) is 0 Å². The molecule has 0 atom stereocenters. The fourth-order valence-electron chi connectivity index (χ4n) is 2.23. The highest BCUT2D eigenvalue weighted by Gasteiger charge is 2.11. The molecule has 2 N–H and O–H groups in total. The van der Waals surface area contributed by atoms with E-state index in [2.05, 4.69) is 27.5 Å². The van der Waals surface area contributed by atoms with E-state index in [1.165, 1.54) is 6.92 Å². The van der Waals surface area contributed by atoms with Gasteiger partial charge in [0.25, 0.3) is 5.91 Å². The molecule has 0 fully saturated rings. The summed E-state index contributed by atoms with van der Waals surface area (Å²) in [5, 5.41) is 5.46. The molecule has 7 heteroatoms. The zero-order chi connectivity index (χ0) is 18.2. The molecule has 2 amide bonds. The van der Waals surface area contributed by atoms with E-state index in [9.17, 15) is 9.59 Å². The molecule has 0 radical (unpaired) electrons. The van der Waals surface area contributed by atoms with Crippen molar-refractivity contribution in [3.05, 3.63) is 42.2 Å². The summed E-state index contributed by atoms with van der Waals surface area (Å²) in [6, 6.07) is 8.52. The van der Waals surface area contributed by atoms with Gasteiger partial charge >= 0.3 is 0 Å². The number of hydrogen-bond donors (Lipinski definition) is 2. The Hall–Kier alpha value is -2.96. The summed E-state index contributed by atoms with van der Waals surface area (Å²) in [6.07, 6.45) is 3.69. The third kappa shape index (κ3) is 5.56. The number of carbonyl (C=O) groups is 2. The number of rotatable bonds is 7. The number of nitrogens with zero attached hydrogens (tertiary/aromatic N) is 3. The van der Waals surface area contributed by atoms with Crippen LogP contribution in [0.25, 0.3) is 0 Å². The van der Waals surface area contributed by atoms with Crippen LogP contribution < -0.4 is 15.5 Å². The predicted octanol–water partition coefficient (Wildman–Crippen LogP) is 2.92. The van der Waals surface area contributed by atoms with Gasteiger partial charge in [0.2, 0.25) is 11.9 Å². The number of carbonyl (C=O) groups excluding carboxylic acids is 2. The van der Waals surface area contributed by atoms with Gasteiger partial charge in [-0.15, -0.1) is 0 Å². The molecule has 0 saturated heterocycles. The van der Waals surface area contributed by atoms with Gasteiger partial charge in [-0.2, -0.15) is 0 Å². The lowest BCUT2D eigenvalue weighted by atomic mass is 10.2. The van der Waals surface area contributed by atoms with Crippen LogP contribution in [0.15, 0.2) is 36.5 Å². The lowest BCUT2D eigenvalue weighted by Crippen LogP contribution is -2.23. The Kier molecular flexibility index (Phi) is 6.45. The van der Waals surface area contributed by atoms with Gasteiger partial charge in [-0.05, 0) is 30.7 Å². The fraction of sp³-hybridized carbons (Fsp3) is 0.333. The molecule has 0 aliphatic carbocycles. The number of anilines is 3. The summed E-state index contributed by atoms with van der Waals surface area (Å²) < 4.78 is 0. The van der Waals surface area contributed by atoms with E-state index in [0.29, 0.717) is 23.0 Å². The van der Waals surface area contributed by atoms with Crippen LogP contribution >= 0.6 is 0 Å². The van der Waals surface area contributed by atoms with Crippen LogP contribution in [0, 0.1) is 0 Å². The van der Waals surface area contributed by atoms with Gasteiger partial charge in [-0.3, -0.25) is 9.59 Å². The molecule has 7 nitrogen and oxygen atoms in total. The van der Waals surface area contributed by atoms with Gasteiger partial charge < -0.3 is 15.5 Å². The second-order valence-corrected chi connectivity index (χ2v) is 5.73. The van der Waals surface area contributed by atoms with Gasteiger partial charge in [0.1, 0.15) is 5.69 Å². The van der Waals surface area contributed by atoms with E-state index in [-0.39, 0.29) is 11.8 Å². The van der Waals surface area contributed by atoms with Crippen LogP contribution in [-0.2, 0) is 4.79 Å². The summed E-state index contributed by atoms with van der Waals surface area (Å²) in [5.41, 5.74) is 1.49. The molecule has 25 heavy (non-hydrogen) atoms. The molecule has 0 saturated carbocycles. The molecule has 0 aliphatic rings. The Bertz CT molecular complexity index is 748. The Morgan fingerprint density at radius 1 is 1.16 bits per heavy atom. The first-order valence-electron chi connectivity index (χ1n) is 8.22. The molecule has 132 valence electrons. The molecule has 0 bridgehead atoms. The Morgan fingerprint density at radius 3 is 2.56 bits per heavy atom. The molecular weight excluding hydrogens is 318 g/mol. The van der Waals surface area contributed by atoms with Crippen molar-refractivity contribution in [3.8, 4) is 0 Å². The fourth-order valence-corrected chi connectivity index (χ4v) is 2.23. The monoisotopic (exact) mass is 341 g/mol. The molecule has 1 heterocycles. The lowest BCUT2D eigenvalue weighted by Gasteiger charge is -2.16. The van der Waals surface area contributed by atoms with Crippen molar-refractivity contribution in [2.24, 2.45) is 0 Å². The van der Waals surface area contributed by atoms with Crippen LogP contribution in [0.3, 0.4) is 0 Å². The summed E-state index contributed by atoms with van der Waals surface area (Å²) in [5.74, 6) is 0.0275. The third-order valence-electron chi connectivity index (χ3n) is 3.50. The van der Waals surface area contributed by atoms with Crippen LogP contribution in [0.2, 0.25) is 0 Å². The van der Waals surface area contributed by atoms with E-state index in [1.54, 1.807) is 36.5 Å². The van der Waals surface area contributed by atoms with Crippen molar-refractivity contribution in [2.45, 2.75) is 26.7 Å². The van der Waals surface area contributed by atoms with Crippen LogP contribution in [0.4, 0.5) is 17.3 Å². The summed E-state index contributed by atoms with van der Waals surface area (Å²) in [6.45, 7) is 4.39. The molecule has 1 aromatic heterocycles. The molecule has 0 spiro atoms. The highest BCUT2D eigenvalue weighted by Crippen LogP contribution is 2.16. The minimum Gasteiger partial charge on any atom is -0.344 e. The number of hydrogen-bond acceptors (Lipinski definition) is 5. The molecule has 2 aromatic rings. The number of amides is 2. The first kappa shape index (κ1) is 18.4. The van der Waals surface area contributed by atoms with Gasteiger partial charge in [-0.25, -0.2) is 9.97 Å². The van der Waals surface area contributed by atoms with E-state index in [0.717, 1.165) is 19.4 Å². The SMILES string of the molecule is CCCCN(C)c1nccc(C(=O)Nc2cccc(NC(C)=O)c2)n1. The highest BCUT2D eigenvalue weighted by molar-refractivity contribution is 6.03. The first-order valence-corrected chi connectivity index (χ1v) is 8.22. The number of aromatic nitrogens is 2. The van der Waals surface area contributed by atoms with Crippen molar-refractivity contribution in [1.82, 2.24) is 9.97 Å².